The van der Waals surface area contributed by atoms with E-state index < -0.39 is 18.0 Å². The highest BCUT2D eigenvalue weighted by atomic mass is 32.2. The van der Waals surface area contributed by atoms with Crippen molar-refractivity contribution in [1.29, 1.82) is 0 Å². The van der Waals surface area contributed by atoms with Crippen LogP contribution in [0.5, 0.6) is 0 Å². The topological polar surface area (TPSA) is 87.7 Å². The molecule has 7 nitrogen and oxygen atoms in total. The van der Waals surface area contributed by atoms with Gasteiger partial charge in [0.1, 0.15) is 6.04 Å². The molecule has 0 radical (unpaired) electrons. The Morgan fingerprint density at radius 2 is 2.19 bits per heavy atom. The minimum absolute atomic E-state index is 0.0165. The summed E-state index contributed by atoms with van der Waals surface area (Å²) in [5, 5.41) is 5.07. The van der Waals surface area contributed by atoms with Crippen molar-refractivity contribution in [3.63, 3.8) is 0 Å². The van der Waals surface area contributed by atoms with E-state index in [9.17, 15) is 14.4 Å². The Kier molecular flexibility index (Phi) is 8.97. The lowest BCUT2D eigenvalue weighted by atomic mass is 9.97. The second-order valence-corrected chi connectivity index (χ2v) is 7.63. The van der Waals surface area contributed by atoms with Crippen molar-refractivity contribution in [2.24, 2.45) is 0 Å². The third kappa shape index (κ3) is 6.99. The molecule has 0 aromatic rings. The van der Waals surface area contributed by atoms with Gasteiger partial charge in [0.2, 0.25) is 5.91 Å². The molecule has 1 aliphatic carbocycles. The number of rotatable bonds is 7. The average molecular weight is 384 g/mol. The maximum atomic E-state index is 12.1. The van der Waals surface area contributed by atoms with Gasteiger partial charge in [0.25, 0.3) is 0 Å². The van der Waals surface area contributed by atoms with Crippen molar-refractivity contribution in [3.8, 4) is 0 Å². The lowest BCUT2D eigenvalue weighted by Crippen LogP contribution is -2.53. The molecular formula is C18H29N3O4S. The molecule has 0 spiro atoms. The number of hydrogen-bond donors (Lipinski definition) is 2. The number of hydrogen-bond acceptors (Lipinski definition) is 6. The Morgan fingerprint density at radius 1 is 1.35 bits per heavy atom. The molecule has 2 N–H and O–H groups in total. The van der Waals surface area contributed by atoms with Gasteiger partial charge in [0.15, 0.2) is 0 Å². The molecule has 2 aliphatic rings. The summed E-state index contributed by atoms with van der Waals surface area (Å²) in [6.07, 6.45) is 7.76. The normalized spacial score (nSPS) is 20.8. The van der Waals surface area contributed by atoms with E-state index in [0.717, 1.165) is 25.0 Å². The smallest absolute Gasteiger partial charge is 0.324 e. The van der Waals surface area contributed by atoms with Gasteiger partial charge in [-0.3, -0.25) is 19.8 Å². The lowest BCUT2D eigenvalue weighted by Gasteiger charge is -2.32. The van der Waals surface area contributed by atoms with Crippen LogP contribution in [0.4, 0.5) is 4.79 Å². The Balaban J connectivity index is 1.71. The molecule has 3 amide bonds. The lowest BCUT2D eigenvalue weighted by molar-refractivity contribution is -0.149. The highest BCUT2D eigenvalue weighted by molar-refractivity contribution is 7.99. The van der Waals surface area contributed by atoms with Crippen LogP contribution in [0.1, 0.15) is 39.0 Å². The summed E-state index contributed by atoms with van der Waals surface area (Å²) in [4.78, 5) is 37.8. The number of nitrogens with zero attached hydrogens (tertiary/aromatic N) is 1. The number of thioether (sulfide) groups is 1. The van der Waals surface area contributed by atoms with Crippen molar-refractivity contribution >= 4 is 29.7 Å². The third-order valence-corrected chi connectivity index (χ3v) is 5.54. The molecule has 2 rings (SSSR count). The molecular weight excluding hydrogens is 354 g/mol. The monoisotopic (exact) mass is 383 g/mol. The third-order valence-electron chi connectivity index (χ3n) is 4.51. The minimum atomic E-state index is -0.481. The van der Waals surface area contributed by atoms with Crippen molar-refractivity contribution in [2.45, 2.75) is 45.1 Å². The summed E-state index contributed by atoms with van der Waals surface area (Å²) in [6.45, 7) is 3.24. The molecule has 1 atom stereocenters. The van der Waals surface area contributed by atoms with Crippen LogP contribution in [0.3, 0.4) is 0 Å². The highest BCUT2D eigenvalue weighted by Gasteiger charge is 2.31. The predicted octanol–water partition coefficient (Wildman–Crippen LogP) is 1.68. The molecule has 8 heteroatoms. The summed E-state index contributed by atoms with van der Waals surface area (Å²) in [5.41, 5.74) is 1.38. The predicted molar refractivity (Wildman–Crippen MR) is 102 cm³/mol. The maximum Gasteiger partial charge on any atom is 0.324 e. The van der Waals surface area contributed by atoms with Crippen molar-refractivity contribution in [1.82, 2.24) is 15.5 Å². The number of ether oxygens (including phenoxy) is 1. The number of allylic oxidation sites excluding steroid dienone is 1. The second kappa shape index (κ2) is 11.2. The van der Waals surface area contributed by atoms with E-state index in [1.165, 1.54) is 18.4 Å². The number of nitrogens with one attached hydrogen (secondary N) is 2. The van der Waals surface area contributed by atoms with E-state index in [-0.39, 0.29) is 12.5 Å². The summed E-state index contributed by atoms with van der Waals surface area (Å²) >= 11 is 1.67. The molecule has 1 heterocycles. The second-order valence-electron chi connectivity index (χ2n) is 6.48. The number of carbonyl (C=O) groups is 3. The minimum Gasteiger partial charge on any atom is -0.465 e. The van der Waals surface area contributed by atoms with Crippen LogP contribution < -0.4 is 10.6 Å². The van der Waals surface area contributed by atoms with Gasteiger partial charge in [-0.15, -0.1) is 0 Å². The van der Waals surface area contributed by atoms with Crippen LogP contribution in [0.25, 0.3) is 0 Å². The van der Waals surface area contributed by atoms with Crippen molar-refractivity contribution in [3.05, 3.63) is 11.6 Å². The molecule has 0 bridgehead atoms. The van der Waals surface area contributed by atoms with E-state index >= 15 is 0 Å². The Hall–Kier alpha value is -1.54. The average Bonchev–Trinajstić information content (AvgIpc) is 2.63. The fourth-order valence-electron chi connectivity index (χ4n) is 3.15. The zero-order chi connectivity index (χ0) is 18.8. The molecule has 146 valence electrons. The van der Waals surface area contributed by atoms with Crippen LogP contribution in [0.15, 0.2) is 11.6 Å². The van der Waals surface area contributed by atoms with Gasteiger partial charge in [0, 0.05) is 24.6 Å². The number of carbonyl (C=O) groups excluding carboxylic acids is 3. The van der Waals surface area contributed by atoms with Crippen LogP contribution >= 0.6 is 11.8 Å². The van der Waals surface area contributed by atoms with E-state index in [2.05, 4.69) is 16.7 Å². The molecule has 1 unspecified atom stereocenters. The zero-order valence-corrected chi connectivity index (χ0v) is 16.2. The highest BCUT2D eigenvalue weighted by Crippen LogP contribution is 2.19. The van der Waals surface area contributed by atoms with Gasteiger partial charge in [-0.2, -0.15) is 11.8 Å². The first kappa shape index (κ1) is 20.8. The van der Waals surface area contributed by atoms with E-state index in [0.29, 0.717) is 25.4 Å². The molecule has 26 heavy (non-hydrogen) atoms. The summed E-state index contributed by atoms with van der Waals surface area (Å²) < 4.78 is 5.07. The van der Waals surface area contributed by atoms with Gasteiger partial charge in [0.05, 0.1) is 13.2 Å². The molecule has 1 saturated heterocycles. The molecule has 0 aromatic heterocycles. The summed E-state index contributed by atoms with van der Waals surface area (Å²) in [5.74, 6) is 0.746. The van der Waals surface area contributed by atoms with Crippen LogP contribution in [-0.2, 0) is 14.3 Å². The number of urea groups is 1. The molecule has 1 aliphatic heterocycles. The number of imide groups is 1. The van der Waals surface area contributed by atoms with E-state index in [1.807, 2.05) is 0 Å². The number of amides is 3. The summed E-state index contributed by atoms with van der Waals surface area (Å²) in [7, 11) is 0. The SMILES string of the molecule is CCOC(=O)C1CSCCN1CC(=O)NC(=O)NCCC1=CCCCC1. The molecule has 0 saturated carbocycles. The quantitative estimate of drug-likeness (QED) is 0.514. The molecule has 0 aromatic carbocycles. The summed E-state index contributed by atoms with van der Waals surface area (Å²) in [6, 6.07) is -0.911. The Morgan fingerprint density at radius 3 is 2.92 bits per heavy atom. The molecule has 1 fully saturated rings. The fourth-order valence-corrected chi connectivity index (χ4v) is 4.25. The van der Waals surface area contributed by atoms with Crippen molar-refractivity contribution < 1.29 is 19.1 Å². The largest absolute Gasteiger partial charge is 0.465 e. The van der Waals surface area contributed by atoms with Gasteiger partial charge in [-0.05, 0) is 39.0 Å². The first-order valence-electron chi connectivity index (χ1n) is 9.34. The first-order valence-corrected chi connectivity index (χ1v) is 10.5. The zero-order valence-electron chi connectivity index (χ0n) is 15.4. The maximum absolute atomic E-state index is 12.1. The van der Waals surface area contributed by atoms with E-state index in [4.69, 9.17) is 4.74 Å². The van der Waals surface area contributed by atoms with E-state index in [1.54, 1.807) is 23.6 Å². The van der Waals surface area contributed by atoms with Crippen molar-refractivity contribution in [2.75, 3.05) is 37.7 Å². The van der Waals surface area contributed by atoms with Crippen LogP contribution in [0, 0.1) is 0 Å². The fraction of sp³-hybridized carbons (Fsp3) is 0.722. The van der Waals surface area contributed by atoms with Gasteiger partial charge in [-0.25, -0.2) is 4.79 Å². The van der Waals surface area contributed by atoms with Gasteiger partial charge >= 0.3 is 12.0 Å². The van der Waals surface area contributed by atoms with Gasteiger partial charge < -0.3 is 10.1 Å². The Bertz CT molecular complexity index is 539. The first-order chi connectivity index (χ1) is 12.6. The van der Waals surface area contributed by atoms with Crippen LogP contribution in [-0.4, -0.2) is 66.6 Å². The van der Waals surface area contributed by atoms with Gasteiger partial charge in [-0.1, -0.05) is 11.6 Å². The number of esters is 1. The Labute approximate surface area is 159 Å². The van der Waals surface area contributed by atoms with Crippen LogP contribution in [0.2, 0.25) is 0 Å². The standard InChI is InChI=1S/C18H29N3O4S/c1-2-25-17(23)15-13-26-11-10-21(15)12-16(22)20-18(24)19-9-8-14-6-4-3-5-7-14/h6,15H,2-5,7-13H2,1H3,(H2,19,20,22,24).